The molecule has 2 N–H and O–H groups in total. The van der Waals surface area contributed by atoms with Crippen LogP contribution in [0.2, 0.25) is 0 Å². The first-order valence-electron chi connectivity index (χ1n) is 12.3. The third-order valence-corrected chi connectivity index (χ3v) is 7.79. The number of aromatic nitrogens is 1. The Kier molecular flexibility index (Phi) is 8.80. The van der Waals surface area contributed by atoms with Gasteiger partial charge in [-0.2, -0.15) is 0 Å². The van der Waals surface area contributed by atoms with Crippen molar-refractivity contribution >= 4 is 33.1 Å². The van der Waals surface area contributed by atoms with E-state index >= 15 is 0 Å². The molecule has 0 spiro atoms. The van der Waals surface area contributed by atoms with E-state index < -0.39 is 21.6 Å². The average Bonchev–Trinajstić information content (AvgIpc) is 3.63. The van der Waals surface area contributed by atoms with Crippen LogP contribution in [-0.2, 0) is 23.0 Å². The Bertz CT molecular complexity index is 1380. The van der Waals surface area contributed by atoms with Gasteiger partial charge in [-0.1, -0.05) is 30.3 Å². The van der Waals surface area contributed by atoms with E-state index in [1.165, 1.54) is 22.3 Å². The summed E-state index contributed by atoms with van der Waals surface area (Å²) in [6, 6.07) is 13.5. The summed E-state index contributed by atoms with van der Waals surface area (Å²) in [5.74, 6) is -0.0847. The van der Waals surface area contributed by atoms with E-state index in [2.05, 4.69) is 4.98 Å². The molecule has 1 aliphatic carbocycles. The molecule has 0 radical (unpaired) electrons. The molecule has 9 nitrogen and oxygen atoms in total. The molecule has 4 rings (SSSR count). The largest absolute Gasteiger partial charge is 0.496 e. The maximum Gasteiger partial charge on any atom is 0.254 e. The molecule has 38 heavy (non-hydrogen) atoms. The van der Waals surface area contributed by atoms with Gasteiger partial charge in [-0.05, 0) is 49.3 Å². The molecular formula is C27H31N3O6S2. The Labute approximate surface area is 226 Å². The Morgan fingerprint density at radius 2 is 1.76 bits per heavy atom. The number of methoxy groups -OCH3 is 2. The van der Waals surface area contributed by atoms with Crippen molar-refractivity contribution in [1.82, 2.24) is 9.88 Å². The van der Waals surface area contributed by atoms with Crippen molar-refractivity contribution in [1.29, 1.82) is 0 Å². The predicted octanol–water partition coefficient (Wildman–Crippen LogP) is 3.78. The molecule has 0 bridgehead atoms. The van der Waals surface area contributed by atoms with Crippen LogP contribution in [0.25, 0.3) is 0 Å². The van der Waals surface area contributed by atoms with Gasteiger partial charge in [-0.15, -0.1) is 11.3 Å². The first-order valence-corrected chi connectivity index (χ1v) is 14.8. The summed E-state index contributed by atoms with van der Waals surface area (Å²) in [5, 5.41) is 7.01. The van der Waals surface area contributed by atoms with Crippen LogP contribution >= 0.6 is 11.3 Å². The molecule has 1 aliphatic rings. The van der Waals surface area contributed by atoms with Crippen LogP contribution in [0.4, 0.5) is 0 Å². The van der Waals surface area contributed by atoms with Gasteiger partial charge in [0.15, 0.2) is 5.78 Å². The third kappa shape index (κ3) is 7.18. The van der Waals surface area contributed by atoms with E-state index in [0.717, 1.165) is 24.8 Å². The molecule has 0 unspecified atom stereocenters. The minimum absolute atomic E-state index is 0.0211. The van der Waals surface area contributed by atoms with Crippen molar-refractivity contribution in [3.63, 3.8) is 0 Å². The maximum atomic E-state index is 13.8. The van der Waals surface area contributed by atoms with Gasteiger partial charge < -0.3 is 14.4 Å². The van der Waals surface area contributed by atoms with Gasteiger partial charge in [0.2, 0.25) is 10.0 Å². The first-order chi connectivity index (χ1) is 18.2. The number of ketones is 1. The number of thiazole rings is 1. The second-order valence-corrected chi connectivity index (χ2v) is 11.8. The lowest BCUT2D eigenvalue weighted by molar-refractivity contribution is 0.0740. The summed E-state index contributed by atoms with van der Waals surface area (Å²) in [7, 11) is -0.794. The number of carbonyl (C=O) groups is 2. The molecule has 0 aliphatic heterocycles. The highest BCUT2D eigenvalue weighted by molar-refractivity contribution is 7.89. The number of ether oxygens (including phenoxy) is 2. The first kappa shape index (κ1) is 27.7. The van der Waals surface area contributed by atoms with Crippen LogP contribution in [-0.4, -0.2) is 56.5 Å². The number of carbonyl (C=O) groups excluding carboxylic acids is 2. The molecular weight excluding hydrogens is 526 g/mol. The van der Waals surface area contributed by atoms with E-state index in [0.29, 0.717) is 41.0 Å². The molecule has 1 saturated carbocycles. The zero-order valence-electron chi connectivity index (χ0n) is 21.4. The standard InChI is InChI=1S/C27H31N3O6S2/c1-35-23-13-20(14-24(36-2)26(23)19-10-11-19)27(32)30(12-6-9-18-7-4-3-5-8-18)15-25-29-21(16-37-25)22(31)17-38(28,33)34/h3-5,7-8,13-14,16,19H,6,9-12,15,17H2,1-2H3,(H2,28,33,34). The SMILES string of the molecule is COc1cc(C(=O)N(CCCc2ccccc2)Cc2nc(C(=O)CS(N)(=O)=O)cs2)cc(OC)c1C1CC1. The second kappa shape index (κ2) is 12.1. The van der Waals surface area contributed by atoms with Crippen molar-refractivity contribution in [2.24, 2.45) is 5.14 Å². The third-order valence-electron chi connectivity index (χ3n) is 6.30. The minimum atomic E-state index is -3.96. The quantitative estimate of drug-likeness (QED) is 0.317. The molecule has 1 amide bonds. The molecule has 11 heteroatoms. The van der Waals surface area contributed by atoms with Crippen molar-refractivity contribution in [3.05, 3.63) is 75.2 Å². The summed E-state index contributed by atoms with van der Waals surface area (Å²) in [4.78, 5) is 32.0. The number of nitrogens with zero attached hydrogens (tertiary/aromatic N) is 2. The molecule has 0 atom stereocenters. The zero-order chi connectivity index (χ0) is 27.3. The number of sulfonamides is 1. The van der Waals surface area contributed by atoms with Crippen LogP contribution in [0.3, 0.4) is 0 Å². The van der Waals surface area contributed by atoms with Crippen LogP contribution in [0.1, 0.15) is 62.2 Å². The number of benzene rings is 2. The fourth-order valence-corrected chi connectivity index (χ4v) is 5.65. The zero-order valence-corrected chi connectivity index (χ0v) is 23.0. The number of amides is 1. The number of hydrogen-bond acceptors (Lipinski definition) is 8. The highest BCUT2D eigenvalue weighted by Crippen LogP contribution is 2.49. The van der Waals surface area contributed by atoms with Crippen molar-refractivity contribution in [2.75, 3.05) is 26.5 Å². The lowest BCUT2D eigenvalue weighted by atomic mass is 10.0. The van der Waals surface area contributed by atoms with E-state index in [4.69, 9.17) is 14.6 Å². The number of hydrogen-bond donors (Lipinski definition) is 1. The van der Waals surface area contributed by atoms with Crippen LogP contribution in [0.15, 0.2) is 47.8 Å². The number of Topliss-reactive ketones (excluding diaryl/α,β-unsaturated/α-hetero) is 1. The van der Waals surface area contributed by atoms with Gasteiger partial charge in [0.25, 0.3) is 5.91 Å². The van der Waals surface area contributed by atoms with Gasteiger partial charge in [0.05, 0.1) is 20.8 Å². The summed E-state index contributed by atoms with van der Waals surface area (Å²) in [6.45, 7) is 0.610. The van der Waals surface area contributed by atoms with Crippen molar-refractivity contribution in [3.8, 4) is 11.5 Å². The van der Waals surface area contributed by atoms with E-state index in [1.54, 1.807) is 31.3 Å². The Morgan fingerprint density at radius 1 is 1.11 bits per heavy atom. The molecule has 1 heterocycles. The number of nitrogens with two attached hydrogens (primary N) is 1. The van der Waals surface area contributed by atoms with Gasteiger partial charge in [0, 0.05) is 23.1 Å². The monoisotopic (exact) mass is 557 g/mol. The molecule has 3 aromatic rings. The van der Waals surface area contributed by atoms with Crippen LogP contribution in [0, 0.1) is 0 Å². The summed E-state index contributed by atoms with van der Waals surface area (Å²) in [5.41, 5.74) is 2.61. The van der Waals surface area contributed by atoms with Gasteiger partial charge in [-0.25, -0.2) is 18.5 Å². The summed E-state index contributed by atoms with van der Waals surface area (Å²) in [6.07, 6.45) is 3.62. The fraction of sp³-hybridized carbons (Fsp3) is 0.370. The van der Waals surface area contributed by atoms with E-state index in [-0.39, 0.29) is 18.1 Å². The van der Waals surface area contributed by atoms with Crippen LogP contribution < -0.4 is 14.6 Å². The lowest BCUT2D eigenvalue weighted by Crippen LogP contribution is -2.32. The lowest BCUT2D eigenvalue weighted by Gasteiger charge is -2.23. The fourth-order valence-electron chi connectivity index (χ4n) is 4.32. The van der Waals surface area contributed by atoms with Gasteiger partial charge >= 0.3 is 0 Å². The minimum Gasteiger partial charge on any atom is -0.496 e. The summed E-state index contributed by atoms with van der Waals surface area (Å²) >= 11 is 1.19. The highest BCUT2D eigenvalue weighted by atomic mass is 32.2. The molecule has 1 fully saturated rings. The Hall–Kier alpha value is -3.28. The normalized spacial score (nSPS) is 13.2. The highest BCUT2D eigenvalue weighted by Gasteiger charge is 2.32. The number of aryl methyl sites for hydroxylation is 1. The van der Waals surface area contributed by atoms with E-state index in [9.17, 15) is 18.0 Å². The number of primary sulfonamides is 1. The molecule has 2 aromatic carbocycles. The van der Waals surface area contributed by atoms with Crippen molar-refractivity contribution < 1.29 is 27.5 Å². The predicted molar refractivity (Wildman–Crippen MR) is 145 cm³/mol. The maximum absolute atomic E-state index is 13.8. The average molecular weight is 558 g/mol. The molecule has 202 valence electrons. The smallest absolute Gasteiger partial charge is 0.254 e. The Balaban J connectivity index is 1.58. The van der Waals surface area contributed by atoms with Crippen LogP contribution in [0.5, 0.6) is 11.5 Å². The summed E-state index contributed by atoms with van der Waals surface area (Å²) < 4.78 is 33.9. The van der Waals surface area contributed by atoms with Gasteiger partial charge in [-0.3, -0.25) is 9.59 Å². The van der Waals surface area contributed by atoms with Gasteiger partial charge in [0.1, 0.15) is 28.0 Å². The number of rotatable bonds is 13. The van der Waals surface area contributed by atoms with E-state index in [1.807, 2.05) is 30.3 Å². The second-order valence-electron chi connectivity index (χ2n) is 9.24. The topological polar surface area (TPSA) is 129 Å². The Morgan fingerprint density at radius 3 is 2.34 bits per heavy atom. The van der Waals surface area contributed by atoms with Crippen molar-refractivity contribution in [2.45, 2.75) is 38.1 Å². The molecule has 1 aromatic heterocycles. The molecule has 0 saturated heterocycles.